The molecule has 2 aromatic rings. The van der Waals surface area contributed by atoms with Crippen molar-refractivity contribution in [3.8, 4) is 17.4 Å². The first-order valence-electron chi connectivity index (χ1n) is 5.31. The Hall–Kier alpha value is -1.55. The fraction of sp³-hybridized carbons (Fsp3) is 0.154. The third kappa shape index (κ3) is 3.20. The fourth-order valence-corrected chi connectivity index (χ4v) is 1.69. The Bertz CT molecular complexity index is 502. The number of hydrogen-bond donors (Lipinski definition) is 0. The van der Waals surface area contributed by atoms with E-state index in [1.165, 1.54) is 0 Å². The van der Waals surface area contributed by atoms with Crippen LogP contribution in [0, 0.1) is 0 Å². The van der Waals surface area contributed by atoms with Crippen LogP contribution in [-0.2, 0) is 0 Å². The zero-order valence-corrected chi connectivity index (χ0v) is 11.0. The minimum Gasteiger partial charge on any atom is -0.494 e. The maximum Gasteiger partial charge on any atom is 0.233 e. The van der Waals surface area contributed by atoms with Crippen LogP contribution in [0.1, 0.15) is 6.92 Å². The van der Waals surface area contributed by atoms with E-state index in [1.54, 1.807) is 6.20 Å². The van der Waals surface area contributed by atoms with E-state index >= 15 is 0 Å². The summed E-state index contributed by atoms with van der Waals surface area (Å²) in [6.07, 6.45) is 1.69. The van der Waals surface area contributed by atoms with Gasteiger partial charge in [-0.25, -0.2) is 4.98 Å². The molecule has 0 saturated carbocycles. The molecule has 2 rings (SSSR count). The van der Waals surface area contributed by atoms with Gasteiger partial charge in [0.25, 0.3) is 0 Å². The van der Waals surface area contributed by atoms with E-state index in [4.69, 9.17) is 9.47 Å². The van der Waals surface area contributed by atoms with Gasteiger partial charge in [0.1, 0.15) is 11.5 Å². The van der Waals surface area contributed by atoms with Gasteiger partial charge in [-0.1, -0.05) is 6.07 Å². The molecule has 1 aromatic heterocycles. The van der Waals surface area contributed by atoms with E-state index in [-0.39, 0.29) is 0 Å². The molecule has 0 bridgehead atoms. The molecule has 0 aliphatic heterocycles. The highest BCUT2D eigenvalue weighted by molar-refractivity contribution is 9.10. The number of benzene rings is 1. The molecule has 17 heavy (non-hydrogen) atoms. The number of nitrogens with zero attached hydrogens (tertiary/aromatic N) is 1. The second kappa shape index (κ2) is 5.68. The van der Waals surface area contributed by atoms with Crippen LogP contribution < -0.4 is 9.47 Å². The summed E-state index contributed by atoms with van der Waals surface area (Å²) >= 11 is 3.38. The highest BCUT2D eigenvalue weighted by atomic mass is 79.9. The summed E-state index contributed by atoms with van der Waals surface area (Å²) in [7, 11) is 0. The summed E-state index contributed by atoms with van der Waals surface area (Å²) in [4.78, 5) is 4.14. The Balaban J connectivity index is 2.18. The molecule has 88 valence electrons. The Morgan fingerprint density at radius 2 is 2.00 bits per heavy atom. The monoisotopic (exact) mass is 293 g/mol. The van der Waals surface area contributed by atoms with Gasteiger partial charge in [0.2, 0.25) is 5.88 Å². The van der Waals surface area contributed by atoms with Gasteiger partial charge >= 0.3 is 0 Å². The molecule has 0 unspecified atom stereocenters. The summed E-state index contributed by atoms with van der Waals surface area (Å²) in [5.74, 6) is 2.04. The van der Waals surface area contributed by atoms with Crippen molar-refractivity contribution >= 4 is 15.9 Å². The van der Waals surface area contributed by atoms with Gasteiger partial charge in [-0.05, 0) is 47.1 Å². The van der Waals surface area contributed by atoms with Crippen LogP contribution in [0.15, 0.2) is 47.1 Å². The Labute approximate surface area is 109 Å². The summed E-state index contributed by atoms with van der Waals surface area (Å²) in [6, 6.07) is 11.2. The third-order valence-corrected chi connectivity index (χ3v) is 2.66. The van der Waals surface area contributed by atoms with Gasteiger partial charge in [0.05, 0.1) is 11.1 Å². The number of halogens is 1. The van der Waals surface area contributed by atoms with Crippen LogP contribution in [-0.4, -0.2) is 11.6 Å². The predicted octanol–water partition coefficient (Wildman–Crippen LogP) is 4.04. The van der Waals surface area contributed by atoms with Crippen molar-refractivity contribution in [2.45, 2.75) is 6.92 Å². The maximum atomic E-state index is 5.66. The minimum atomic E-state index is 0.543. The molecule has 0 aliphatic carbocycles. The quantitative estimate of drug-likeness (QED) is 0.853. The highest BCUT2D eigenvalue weighted by Gasteiger charge is 2.04. The second-order valence-electron chi connectivity index (χ2n) is 3.30. The molecule has 0 aliphatic rings. The summed E-state index contributed by atoms with van der Waals surface area (Å²) in [6.45, 7) is 2.58. The zero-order chi connectivity index (χ0) is 12.1. The van der Waals surface area contributed by atoms with Crippen LogP contribution in [0.25, 0.3) is 0 Å². The van der Waals surface area contributed by atoms with Gasteiger partial charge in [-0.15, -0.1) is 0 Å². The number of aromatic nitrogens is 1. The van der Waals surface area contributed by atoms with Crippen molar-refractivity contribution in [2.75, 3.05) is 6.61 Å². The third-order valence-electron chi connectivity index (χ3n) is 2.06. The molecule has 0 spiro atoms. The lowest BCUT2D eigenvalue weighted by atomic mass is 10.3. The standard InChI is InChI=1S/C13H12BrNO2/c1-2-16-10-5-3-6-11(9-10)17-13-12(14)7-4-8-15-13/h3-9H,2H2,1H3. The van der Waals surface area contributed by atoms with Gasteiger partial charge in [0, 0.05) is 12.3 Å². The lowest BCUT2D eigenvalue weighted by Crippen LogP contribution is -1.92. The maximum absolute atomic E-state index is 5.66. The first kappa shape index (κ1) is 11.9. The molecule has 0 atom stereocenters. The molecule has 0 radical (unpaired) electrons. The van der Waals surface area contributed by atoms with E-state index in [1.807, 2.05) is 43.3 Å². The van der Waals surface area contributed by atoms with E-state index in [2.05, 4.69) is 20.9 Å². The highest BCUT2D eigenvalue weighted by Crippen LogP contribution is 2.28. The van der Waals surface area contributed by atoms with Crippen molar-refractivity contribution in [3.05, 3.63) is 47.1 Å². The van der Waals surface area contributed by atoms with E-state index in [0.717, 1.165) is 10.2 Å². The molecule has 0 amide bonds. The number of hydrogen-bond acceptors (Lipinski definition) is 3. The molecular weight excluding hydrogens is 282 g/mol. The summed E-state index contributed by atoms with van der Waals surface area (Å²) in [5.41, 5.74) is 0. The minimum absolute atomic E-state index is 0.543. The van der Waals surface area contributed by atoms with Gasteiger partial charge in [0.15, 0.2) is 0 Å². The van der Waals surface area contributed by atoms with E-state index in [0.29, 0.717) is 18.2 Å². The molecule has 1 aromatic carbocycles. The number of pyridine rings is 1. The normalized spacial score (nSPS) is 10.0. The molecule has 0 N–H and O–H groups in total. The van der Waals surface area contributed by atoms with E-state index < -0.39 is 0 Å². The molecule has 0 fully saturated rings. The topological polar surface area (TPSA) is 31.4 Å². The van der Waals surface area contributed by atoms with Crippen molar-refractivity contribution in [1.29, 1.82) is 0 Å². The number of rotatable bonds is 4. The van der Waals surface area contributed by atoms with Crippen LogP contribution in [0.3, 0.4) is 0 Å². The Morgan fingerprint density at radius 3 is 2.76 bits per heavy atom. The second-order valence-corrected chi connectivity index (χ2v) is 4.15. The molecule has 0 saturated heterocycles. The average molecular weight is 294 g/mol. The summed E-state index contributed by atoms with van der Waals surface area (Å²) < 4.78 is 11.9. The van der Waals surface area contributed by atoms with Crippen molar-refractivity contribution in [3.63, 3.8) is 0 Å². The van der Waals surface area contributed by atoms with Gasteiger partial charge in [-0.3, -0.25) is 0 Å². The smallest absolute Gasteiger partial charge is 0.233 e. The SMILES string of the molecule is CCOc1cccc(Oc2ncccc2Br)c1. The average Bonchev–Trinajstić information content (AvgIpc) is 2.33. The van der Waals surface area contributed by atoms with Crippen LogP contribution in [0.2, 0.25) is 0 Å². The van der Waals surface area contributed by atoms with E-state index in [9.17, 15) is 0 Å². The lowest BCUT2D eigenvalue weighted by Gasteiger charge is -2.08. The zero-order valence-electron chi connectivity index (χ0n) is 9.39. The van der Waals surface area contributed by atoms with Crippen molar-refractivity contribution in [1.82, 2.24) is 4.98 Å². The molecular formula is C13H12BrNO2. The van der Waals surface area contributed by atoms with Gasteiger partial charge in [-0.2, -0.15) is 0 Å². The molecule has 1 heterocycles. The van der Waals surface area contributed by atoms with Crippen LogP contribution in [0.4, 0.5) is 0 Å². The van der Waals surface area contributed by atoms with Crippen molar-refractivity contribution < 1.29 is 9.47 Å². The van der Waals surface area contributed by atoms with Gasteiger partial charge < -0.3 is 9.47 Å². The van der Waals surface area contributed by atoms with Crippen LogP contribution >= 0.6 is 15.9 Å². The lowest BCUT2D eigenvalue weighted by molar-refractivity contribution is 0.338. The Kier molecular flexibility index (Phi) is 3.98. The Morgan fingerprint density at radius 1 is 1.18 bits per heavy atom. The summed E-state index contributed by atoms with van der Waals surface area (Å²) in [5, 5.41) is 0. The first-order chi connectivity index (χ1) is 8.29. The molecule has 4 heteroatoms. The predicted molar refractivity (Wildman–Crippen MR) is 69.6 cm³/mol. The fourth-order valence-electron chi connectivity index (χ4n) is 1.35. The first-order valence-corrected chi connectivity index (χ1v) is 6.10. The largest absolute Gasteiger partial charge is 0.494 e. The number of ether oxygens (including phenoxy) is 2. The molecule has 3 nitrogen and oxygen atoms in total. The van der Waals surface area contributed by atoms with Crippen LogP contribution in [0.5, 0.6) is 17.4 Å². The van der Waals surface area contributed by atoms with Crippen molar-refractivity contribution in [2.24, 2.45) is 0 Å².